The zero-order chi connectivity index (χ0) is 28.5. The summed E-state index contributed by atoms with van der Waals surface area (Å²) in [5.41, 5.74) is 4.20. The number of hydrogen-bond acceptors (Lipinski definition) is 6. The molecule has 3 amide bonds. The van der Waals surface area contributed by atoms with Crippen molar-refractivity contribution in [2.24, 2.45) is 7.05 Å². The standard InChI is InChI=1S/C23H23ClN6O2.C2HF3O2/c1-28-14-17(11-26-28)15-3-5-16(6-4-15)18-12-25-13-19(24)20(18)30-9-7-23(8-10-30)21(31)27-22(32)29(23)2;3-2(4,5)1(6)7/h3-6,11-14H,7-10H2,1-2H3,(H,27,31,32);(H,6,7). The van der Waals surface area contributed by atoms with Gasteiger partial charge in [-0.3, -0.25) is 19.8 Å². The molecule has 206 valence electrons. The maximum atomic E-state index is 12.5. The Hall–Kier alpha value is -4.13. The first kappa shape index (κ1) is 27.9. The van der Waals surface area contributed by atoms with Crippen LogP contribution < -0.4 is 10.2 Å². The number of nitrogens with zero attached hydrogens (tertiary/aromatic N) is 5. The number of alkyl halides is 3. The molecular formula is C25H24ClF3N6O4. The van der Waals surface area contributed by atoms with Crippen LogP contribution in [0.1, 0.15) is 12.8 Å². The summed E-state index contributed by atoms with van der Waals surface area (Å²) in [6, 6.07) is 7.90. The Morgan fingerprint density at radius 2 is 1.62 bits per heavy atom. The normalized spacial score (nSPS) is 16.7. The number of hydrogen-bond donors (Lipinski definition) is 2. The number of carbonyl (C=O) groups is 3. The number of amides is 3. The third-order valence-electron chi connectivity index (χ3n) is 6.85. The summed E-state index contributed by atoms with van der Waals surface area (Å²) in [7, 11) is 3.58. The van der Waals surface area contributed by atoms with Crippen LogP contribution in [0.2, 0.25) is 5.02 Å². The predicted molar refractivity (Wildman–Crippen MR) is 136 cm³/mol. The Kier molecular flexibility index (Phi) is 7.55. The van der Waals surface area contributed by atoms with Crippen molar-refractivity contribution in [3.63, 3.8) is 0 Å². The van der Waals surface area contributed by atoms with Gasteiger partial charge in [0.05, 0.1) is 16.9 Å². The van der Waals surface area contributed by atoms with Gasteiger partial charge in [-0.05, 0) is 24.0 Å². The minimum atomic E-state index is -5.08. The highest BCUT2D eigenvalue weighted by Gasteiger charge is 2.52. The average molecular weight is 565 g/mol. The second-order valence-electron chi connectivity index (χ2n) is 9.14. The first-order valence-electron chi connectivity index (χ1n) is 11.7. The fraction of sp³-hybridized carbons (Fsp3) is 0.320. The van der Waals surface area contributed by atoms with Gasteiger partial charge < -0.3 is 14.9 Å². The minimum Gasteiger partial charge on any atom is -0.475 e. The van der Waals surface area contributed by atoms with Gasteiger partial charge in [0.2, 0.25) is 0 Å². The third-order valence-corrected chi connectivity index (χ3v) is 7.12. The van der Waals surface area contributed by atoms with E-state index in [0.717, 1.165) is 27.9 Å². The fourth-order valence-electron chi connectivity index (χ4n) is 4.68. The van der Waals surface area contributed by atoms with Gasteiger partial charge in [0.1, 0.15) is 5.54 Å². The lowest BCUT2D eigenvalue weighted by molar-refractivity contribution is -0.192. The van der Waals surface area contributed by atoms with Gasteiger partial charge in [-0.2, -0.15) is 18.3 Å². The van der Waals surface area contributed by atoms with Crippen LogP contribution >= 0.6 is 11.6 Å². The molecule has 5 rings (SSSR count). The smallest absolute Gasteiger partial charge is 0.475 e. The molecule has 14 heteroatoms. The van der Waals surface area contributed by atoms with Crippen molar-refractivity contribution in [2.45, 2.75) is 24.6 Å². The van der Waals surface area contributed by atoms with Crippen LogP contribution in [0, 0.1) is 0 Å². The SMILES string of the molecule is CN1C(=O)NC(=O)C12CCN(c1c(Cl)cncc1-c1ccc(-c3cnn(C)c3)cc1)CC2.O=C(O)C(F)(F)F. The molecule has 2 saturated heterocycles. The molecule has 0 radical (unpaired) electrons. The highest BCUT2D eigenvalue weighted by Crippen LogP contribution is 2.41. The minimum absolute atomic E-state index is 0.211. The van der Waals surface area contributed by atoms with Crippen molar-refractivity contribution >= 4 is 35.2 Å². The number of rotatable bonds is 3. The molecule has 0 saturated carbocycles. The van der Waals surface area contributed by atoms with Crippen LogP contribution in [0.25, 0.3) is 22.3 Å². The molecular weight excluding hydrogens is 541 g/mol. The molecule has 2 aliphatic rings. The van der Waals surface area contributed by atoms with Crippen molar-refractivity contribution < 1.29 is 32.7 Å². The molecule has 0 aliphatic carbocycles. The Bertz CT molecular complexity index is 1400. The number of carboxylic acids is 1. The summed E-state index contributed by atoms with van der Waals surface area (Å²) in [6.07, 6.45) is 3.28. The number of likely N-dealkylation sites (N-methyl/N-ethyl adjacent to an activating group) is 1. The highest BCUT2D eigenvalue weighted by atomic mass is 35.5. The van der Waals surface area contributed by atoms with Gasteiger partial charge in [0.15, 0.2) is 0 Å². The molecule has 39 heavy (non-hydrogen) atoms. The zero-order valence-corrected chi connectivity index (χ0v) is 21.6. The zero-order valence-electron chi connectivity index (χ0n) is 20.9. The molecule has 0 unspecified atom stereocenters. The predicted octanol–water partition coefficient (Wildman–Crippen LogP) is 3.96. The van der Waals surface area contributed by atoms with E-state index in [0.29, 0.717) is 31.0 Å². The number of aliphatic carboxylic acids is 1. The van der Waals surface area contributed by atoms with Gasteiger partial charge in [-0.1, -0.05) is 35.9 Å². The number of carbonyl (C=O) groups excluding carboxylic acids is 2. The van der Waals surface area contributed by atoms with Crippen LogP contribution in [-0.4, -0.2) is 74.5 Å². The number of aryl methyl sites for hydroxylation is 1. The maximum absolute atomic E-state index is 12.5. The fourth-order valence-corrected chi connectivity index (χ4v) is 4.96. The molecule has 1 spiro atoms. The number of aromatic nitrogens is 3. The van der Waals surface area contributed by atoms with Gasteiger partial charge in [-0.25, -0.2) is 9.59 Å². The van der Waals surface area contributed by atoms with Crippen molar-refractivity contribution in [1.29, 1.82) is 0 Å². The van der Waals surface area contributed by atoms with Crippen molar-refractivity contribution in [2.75, 3.05) is 25.0 Å². The number of nitrogens with one attached hydrogen (secondary N) is 1. The van der Waals surface area contributed by atoms with E-state index >= 15 is 0 Å². The monoisotopic (exact) mass is 564 g/mol. The lowest BCUT2D eigenvalue weighted by Gasteiger charge is -2.42. The van der Waals surface area contributed by atoms with Crippen LogP contribution in [-0.2, 0) is 16.6 Å². The van der Waals surface area contributed by atoms with E-state index in [4.69, 9.17) is 21.5 Å². The Morgan fingerprint density at radius 1 is 1.03 bits per heavy atom. The Labute approximate surface area is 226 Å². The van der Waals surface area contributed by atoms with E-state index in [1.165, 1.54) is 0 Å². The van der Waals surface area contributed by atoms with E-state index in [1.807, 2.05) is 25.6 Å². The maximum Gasteiger partial charge on any atom is 0.490 e. The molecule has 1 aromatic carbocycles. The molecule has 10 nitrogen and oxygen atoms in total. The number of carboxylic acid groups (broad SMARTS) is 1. The van der Waals surface area contributed by atoms with Crippen LogP contribution in [0.5, 0.6) is 0 Å². The number of pyridine rings is 1. The lowest BCUT2D eigenvalue weighted by Crippen LogP contribution is -2.55. The number of anilines is 1. The first-order chi connectivity index (χ1) is 18.3. The largest absolute Gasteiger partial charge is 0.490 e. The number of imide groups is 1. The van der Waals surface area contributed by atoms with Crippen molar-refractivity contribution in [3.05, 3.63) is 54.1 Å². The van der Waals surface area contributed by atoms with E-state index in [1.54, 1.807) is 22.8 Å². The summed E-state index contributed by atoms with van der Waals surface area (Å²) in [5, 5.41) is 14.4. The van der Waals surface area contributed by atoms with E-state index in [2.05, 4.69) is 44.6 Å². The number of piperidine rings is 1. The number of benzene rings is 1. The Balaban J connectivity index is 0.000000448. The third kappa shape index (κ3) is 5.53. The van der Waals surface area contributed by atoms with Crippen molar-refractivity contribution in [1.82, 2.24) is 25.0 Å². The van der Waals surface area contributed by atoms with Crippen molar-refractivity contribution in [3.8, 4) is 22.3 Å². The summed E-state index contributed by atoms with van der Waals surface area (Å²) >= 11 is 6.62. The number of urea groups is 1. The molecule has 2 fully saturated rings. The molecule has 3 aromatic rings. The van der Waals surface area contributed by atoms with E-state index < -0.39 is 17.7 Å². The first-order valence-corrected chi connectivity index (χ1v) is 12.1. The quantitative estimate of drug-likeness (QED) is 0.462. The number of halogens is 4. The van der Waals surface area contributed by atoms with Gasteiger partial charge in [0, 0.05) is 56.9 Å². The van der Waals surface area contributed by atoms with Gasteiger partial charge in [0.25, 0.3) is 5.91 Å². The molecule has 4 heterocycles. The van der Waals surface area contributed by atoms with Crippen LogP contribution in [0.15, 0.2) is 49.1 Å². The molecule has 2 aliphatic heterocycles. The van der Waals surface area contributed by atoms with Crippen LogP contribution in [0.3, 0.4) is 0 Å². The molecule has 0 atom stereocenters. The molecule has 0 bridgehead atoms. The summed E-state index contributed by atoms with van der Waals surface area (Å²) in [4.78, 5) is 41.4. The average Bonchev–Trinajstić information content (AvgIpc) is 3.41. The van der Waals surface area contributed by atoms with E-state index in [-0.39, 0.29) is 11.9 Å². The summed E-state index contributed by atoms with van der Waals surface area (Å²) < 4.78 is 33.5. The van der Waals surface area contributed by atoms with Crippen LogP contribution in [0.4, 0.5) is 23.7 Å². The second-order valence-corrected chi connectivity index (χ2v) is 9.54. The second kappa shape index (κ2) is 10.6. The van der Waals surface area contributed by atoms with Gasteiger partial charge in [-0.15, -0.1) is 0 Å². The highest BCUT2D eigenvalue weighted by molar-refractivity contribution is 6.33. The Morgan fingerprint density at radius 3 is 2.10 bits per heavy atom. The lowest BCUT2D eigenvalue weighted by atomic mass is 9.86. The summed E-state index contributed by atoms with van der Waals surface area (Å²) in [6.45, 7) is 1.21. The topological polar surface area (TPSA) is 121 Å². The molecule has 2 N–H and O–H groups in total. The van der Waals surface area contributed by atoms with Gasteiger partial charge >= 0.3 is 18.2 Å². The van der Waals surface area contributed by atoms with E-state index in [9.17, 15) is 22.8 Å². The molecule has 2 aromatic heterocycles. The summed E-state index contributed by atoms with van der Waals surface area (Å²) in [5.74, 6) is -2.97.